The molecule has 0 saturated carbocycles. The van der Waals surface area contributed by atoms with Crippen molar-refractivity contribution in [1.29, 1.82) is 0 Å². The van der Waals surface area contributed by atoms with Gasteiger partial charge in [-0.3, -0.25) is 13.6 Å². The molecule has 0 aromatic carbocycles. The zero-order valence-corrected chi connectivity index (χ0v) is 17.1. The Labute approximate surface area is 159 Å². The lowest BCUT2D eigenvalue weighted by Crippen LogP contribution is -2.60. The molecule has 5 atom stereocenters. The van der Waals surface area contributed by atoms with Crippen LogP contribution in [0.1, 0.15) is 19.8 Å². The van der Waals surface area contributed by atoms with Crippen LogP contribution in [0.25, 0.3) is 0 Å². The van der Waals surface area contributed by atoms with Crippen molar-refractivity contribution in [3.63, 3.8) is 0 Å². The van der Waals surface area contributed by atoms with Gasteiger partial charge in [0.25, 0.3) is 0 Å². The molecular weight excluding hydrogens is 453 g/mol. The molecule has 28 heavy (non-hydrogen) atoms. The van der Waals surface area contributed by atoms with Crippen LogP contribution in [0.15, 0.2) is 0 Å². The van der Waals surface area contributed by atoms with Gasteiger partial charge in [0.2, 0.25) is 0 Å². The second kappa shape index (κ2) is 10.5. The number of hydrogen-bond donors (Lipinski definition) is 7. The largest absolute Gasteiger partial charge is 0.470 e. The molecule has 15 nitrogen and oxygen atoms in total. The topological polar surface area (TPSA) is 239 Å². The molecule has 1 saturated heterocycles. The Balaban J connectivity index is 3.21. The Hall–Kier alpha value is 0.210. The Bertz CT molecular complexity index is 624. The Morgan fingerprint density at radius 1 is 0.821 bits per heavy atom. The molecule has 18 heteroatoms. The molecule has 0 amide bonds. The van der Waals surface area contributed by atoms with Crippen LogP contribution in [0.5, 0.6) is 0 Å². The lowest BCUT2D eigenvalue weighted by atomic mass is 9.99. The quantitative estimate of drug-likeness (QED) is 0.139. The lowest BCUT2D eigenvalue weighted by molar-refractivity contribution is -0.279. The van der Waals surface area contributed by atoms with Gasteiger partial charge in [0.15, 0.2) is 6.29 Å². The molecule has 1 aliphatic rings. The third kappa shape index (κ3) is 9.81. The van der Waals surface area contributed by atoms with Gasteiger partial charge in [-0.2, -0.15) is 0 Å². The van der Waals surface area contributed by atoms with Crippen LogP contribution in [0.2, 0.25) is 0 Å². The molecule has 0 unspecified atom stereocenters. The van der Waals surface area contributed by atoms with Gasteiger partial charge in [-0.15, -0.1) is 0 Å². The molecule has 0 spiro atoms. The summed E-state index contributed by atoms with van der Waals surface area (Å²) in [7, 11) is -16.1. The fourth-order valence-electron chi connectivity index (χ4n) is 2.31. The minimum absolute atomic E-state index is 0.182. The van der Waals surface area contributed by atoms with Crippen molar-refractivity contribution < 1.29 is 71.2 Å². The molecule has 1 aliphatic heterocycles. The number of aliphatic hydroxyl groups excluding tert-OH is 1. The van der Waals surface area contributed by atoms with E-state index in [4.69, 9.17) is 38.8 Å². The number of phosphoric ester groups is 3. The maximum atomic E-state index is 11.3. The standard InChI is InChI=1S/C10H23O15P3/c1-2-3-4-21-5-6-7(23-26(12,13)14)8(24-27(15,16)17)9(10(11)22-6)25-28(18,19)20/h6-11H,2-5H2,1H3,(H2,12,13,14)(H2,15,16,17)(H2,18,19,20)/t6-,7-,8+,9-,10+/m1/s1. The van der Waals surface area contributed by atoms with Crippen LogP contribution in [0.4, 0.5) is 0 Å². The molecular formula is C10H23O15P3. The second-order valence-corrected chi connectivity index (χ2v) is 9.25. The highest BCUT2D eigenvalue weighted by Crippen LogP contribution is 2.49. The van der Waals surface area contributed by atoms with E-state index in [1.165, 1.54) is 0 Å². The van der Waals surface area contributed by atoms with E-state index in [0.29, 0.717) is 6.42 Å². The summed E-state index contributed by atoms with van der Waals surface area (Å²) in [6.45, 7) is 1.59. The first kappa shape index (κ1) is 26.2. The smallest absolute Gasteiger partial charge is 0.379 e. The van der Waals surface area contributed by atoms with E-state index in [-0.39, 0.29) is 6.61 Å². The molecule has 0 aromatic heterocycles. The van der Waals surface area contributed by atoms with Crippen LogP contribution in [-0.4, -0.2) is 78.4 Å². The maximum Gasteiger partial charge on any atom is 0.470 e. The van der Waals surface area contributed by atoms with Crippen molar-refractivity contribution in [2.45, 2.75) is 50.5 Å². The first-order chi connectivity index (χ1) is 12.6. The van der Waals surface area contributed by atoms with Crippen molar-refractivity contribution in [3.05, 3.63) is 0 Å². The van der Waals surface area contributed by atoms with Crippen molar-refractivity contribution in [3.8, 4) is 0 Å². The molecule has 0 bridgehead atoms. The highest BCUT2D eigenvalue weighted by Gasteiger charge is 2.53. The van der Waals surface area contributed by atoms with Crippen LogP contribution >= 0.6 is 23.5 Å². The predicted molar refractivity (Wildman–Crippen MR) is 87.4 cm³/mol. The van der Waals surface area contributed by atoms with Gasteiger partial charge in [0, 0.05) is 6.61 Å². The first-order valence-corrected chi connectivity index (χ1v) is 12.3. The third-order valence-corrected chi connectivity index (χ3v) is 4.86. The van der Waals surface area contributed by atoms with Gasteiger partial charge < -0.3 is 43.9 Å². The van der Waals surface area contributed by atoms with Gasteiger partial charge in [0.05, 0.1) is 6.61 Å². The number of aliphatic hydroxyl groups is 1. The second-order valence-electron chi connectivity index (χ2n) is 5.68. The van der Waals surface area contributed by atoms with Gasteiger partial charge in [0.1, 0.15) is 24.4 Å². The maximum absolute atomic E-state index is 11.3. The van der Waals surface area contributed by atoms with Crippen molar-refractivity contribution in [2.75, 3.05) is 13.2 Å². The van der Waals surface area contributed by atoms with Gasteiger partial charge in [-0.1, -0.05) is 13.3 Å². The molecule has 168 valence electrons. The normalized spacial score (nSPS) is 29.8. The highest BCUT2D eigenvalue weighted by molar-refractivity contribution is 7.47. The van der Waals surface area contributed by atoms with Crippen LogP contribution < -0.4 is 0 Å². The Morgan fingerprint density at radius 3 is 1.75 bits per heavy atom. The summed E-state index contributed by atoms with van der Waals surface area (Å²) in [4.78, 5) is 54.2. The van der Waals surface area contributed by atoms with Crippen LogP contribution in [0, 0.1) is 0 Å². The van der Waals surface area contributed by atoms with E-state index < -0.39 is 60.8 Å². The van der Waals surface area contributed by atoms with E-state index in [1.54, 1.807) is 0 Å². The molecule has 1 fully saturated rings. The lowest BCUT2D eigenvalue weighted by Gasteiger charge is -2.43. The van der Waals surface area contributed by atoms with Crippen molar-refractivity contribution in [1.82, 2.24) is 0 Å². The zero-order valence-electron chi connectivity index (χ0n) is 14.5. The van der Waals surface area contributed by atoms with Crippen molar-refractivity contribution in [2.24, 2.45) is 0 Å². The van der Waals surface area contributed by atoms with E-state index in [9.17, 15) is 18.8 Å². The molecule has 1 heterocycles. The third-order valence-electron chi connectivity index (χ3n) is 3.31. The zero-order chi connectivity index (χ0) is 21.8. The summed E-state index contributed by atoms with van der Waals surface area (Å²) < 4.78 is 56.9. The van der Waals surface area contributed by atoms with E-state index >= 15 is 0 Å². The Morgan fingerprint density at radius 2 is 1.29 bits per heavy atom. The minimum Gasteiger partial charge on any atom is -0.379 e. The first-order valence-electron chi connectivity index (χ1n) is 7.76. The van der Waals surface area contributed by atoms with E-state index in [2.05, 4.69) is 13.6 Å². The van der Waals surface area contributed by atoms with Crippen LogP contribution in [-0.2, 0) is 36.7 Å². The molecule has 0 aliphatic carbocycles. The molecule has 0 radical (unpaired) electrons. The van der Waals surface area contributed by atoms with Gasteiger partial charge in [-0.25, -0.2) is 13.7 Å². The summed E-state index contributed by atoms with van der Waals surface area (Å²) >= 11 is 0. The fraction of sp³-hybridized carbons (Fsp3) is 1.00. The molecule has 1 rings (SSSR count). The monoisotopic (exact) mass is 476 g/mol. The molecule has 0 aromatic rings. The van der Waals surface area contributed by atoms with Crippen molar-refractivity contribution >= 4 is 23.5 Å². The number of unbranched alkanes of at least 4 members (excludes halogenated alkanes) is 1. The minimum atomic E-state index is -5.40. The van der Waals surface area contributed by atoms with Gasteiger partial charge in [-0.05, 0) is 6.42 Å². The highest BCUT2D eigenvalue weighted by atomic mass is 31.2. The number of hydrogen-bond acceptors (Lipinski definition) is 9. The summed E-state index contributed by atoms with van der Waals surface area (Å²) in [5, 5.41) is 9.96. The Kier molecular flexibility index (Phi) is 9.83. The average Bonchev–Trinajstić information content (AvgIpc) is 2.47. The SMILES string of the molecule is CCCCOC[C@H]1O[C@H](O)[C@H](OP(=O)(O)O)[C@@H](OP(=O)(O)O)[C@@H]1OP(=O)(O)O. The molecule has 7 N–H and O–H groups in total. The number of phosphoric acid groups is 3. The predicted octanol–water partition coefficient (Wildman–Crippen LogP) is -1.05. The van der Waals surface area contributed by atoms with Crippen LogP contribution in [0.3, 0.4) is 0 Å². The van der Waals surface area contributed by atoms with E-state index in [0.717, 1.165) is 6.42 Å². The fourth-order valence-corrected chi connectivity index (χ4v) is 3.98. The average molecular weight is 476 g/mol. The summed E-state index contributed by atoms with van der Waals surface area (Å²) in [6, 6.07) is 0. The number of ether oxygens (including phenoxy) is 2. The summed E-state index contributed by atoms with van der Waals surface area (Å²) in [6.07, 6.45) is -8.94. The summed E-state index contributed by atoms with van der Waals surface area (Å²) in [5.41, 5.74) is 0. The van der Waals surface area contributed by atoms with Gasteiger partial charge >= 0.3 is 23.5 Å². The number of rotatable bonds is 11. The summed E-state index contributed by atoms with van der Waals surface area (Å²) in [5.74, 6) is 0. The van der Waals surface area contributed by atoms with E-state index in [1.807, 2.05) is 6.92 Å².